The Labute approximate surface area is 89.1 Å². The molecule has 1 aliphatic heterocycles. The van der Waals surface area contributed by atoms with E-state index in [2.05, 4.69) is 4.90 Å². The topological polar surface area (TPSA) is 23.5 Å². The molecule has 2 rings (SSSR count). The van der Waals surface area contributed by atoms with Gasteiger partial charge in [0.25, 0.3) is 0 Å². The summed E-state index contributed by atoms with van der Waals surface area (Å²) in [4.78, 5) is 2.18. The average Bonchev–Trinajstić information content (AvgIpc) is 2.18. The maximum Gasteiger partial charge on any atom is 0.0715 e. The molecule has 0 aromatic heterocycles. The lowest BCUT2D eigenvalue weighted by Gasteiger charge is -2.32. The van der Waals surface area contributed by atoms with E-state index in [-0.39, 0.29) is 6.10 Å². The predicted octanol–water partition coefficient (Wildman–Crippen LogP) is 2.30. The summed E-state index contributed by atoms with van der Waals surface area (Å²) in [6, 6.07) is 7.79. The molecule has 0 spiro atoms. The van der Waals surface area contributed by atoms with E-state index >= 15 is 0 Å². The lowest BCUT2D eigenvalue weighted by Crippen LogP contribution is -2.38. The third-order valence-corrected chi connectivity index (χ3v) is 2.80. The van der Waals surface area contributed by atoms with Crippen molar-refractivity contribution >= 4 is 17.3 Å². The minimum absolute atomic E-state index is 0.192. The number of aliphatic hydroxyl groups is 1. The molecule has 14 heavy (non-hydrogen) atoms. The number of hydrogen-bond acceptors (Lipinski definition) is 2. The number of aliphatic hydroxyl groups excluding tert-OH is 1. The summed E-state index contributed by atoms with van der Waals surface area (Å²) >= 11 is 5.91. The Hall–Kier alpha value is -0.730. The van der Waals surface area contributed by atoms with Crippen LogP contribution in [-0.4, -0.2) is 24.3 Å². The van der Waals surface area contributed by atoms with E-state index in [1.54, 1.807) is 0 Å². The minimum Gasteiger partial charge on any atom is -0.391 e. The predicted molar refractivity (Wildman–Crippen MR) is 58.9 cm³/mol. The summed E-state index contributed by atoms with van der Waals surface area (Å²) < 4.78 is 0. The molecule has 1 N–H and O–H groups in total. The minimum atomic E-state index is -0.192. The molecule has 1 aromatic carbocycles. The van der Waals surface area contributed by atoms with E-state index < -0.39 is 0 Å². The Kier molecular flexibility index (Phi) is 2.94. The number of β-amino-alcohol motifs (C(OH)–C–C–N with tert-alkyl or cyclic N) is 1. The number of halogens is 1. The van der Waals surface area contributed by atoms with Crippen molar-refractivity contribution in [3.8, 4) is 0 Å². The Balaban J connectivity index is 2.14. The summed E-state index contributed by atoms with van der Waals surface area (Å²) in [6.45, 7) is 1.73. The van der Waals surface area contributed by atoms with Gasteiger partial charge < -0.3 is 10.0 Å². The first-order chi connectivity index (χ1) is 6.75. The van der Waals surface area contributed by atoms with Gasteiger partial charge in [-0.25, -0.2) is 0 Å². The van der Waals surface area contributed by atoms with Gasteiger partial charge in [0, 0.05) is 23.8 Å². The van der Waals surface area contributed by atoms with Gasteiger partial charge in [-0.05, 0) is 31.0 Å². The van der Waals surface area contributed by atoms with Crippen molar-refractivity contribution in [1.29, 1.82) is 0 Å². The lowest BCUT2D eigenvalue weighted by atomic mass is 10.1. The normalized spacial score (nSPS) is 22.4. The first kappa shape index (κ1) is 9.81. The zero-order valence-corrected chi connectivity index (χ0v) is 8.74. The Morgan fingerprint density at radius 3 is 3.00 bits per heavy atom. The number of hydrogen-bond donors (Lipinski definition) is 1. The van der Waals surface area contributed by atoms with Gasteiger partial charge in [-0.1, -0.05) is 17.7 Å². The quantitative estimate of drug-likeness (QED) is 0.771. The molecule has 0 aliphatic carbocycles. The van der Waals surface area contributed by atoms with Crippen molar-refractivity contribution in [1.82, 2.24) is 0 Å². The molecule has 1 heterocycles. The zero-order chi connectivity index (χ0) is 9.97. The standard InChI is InChI=1S/C11H14ClNO/c12-9-3-1-4-10(7-9)13-6-2-5-11(14)8-13/h1,3-4,7,11,14H,2,5-6,8H2. The van der Waals surface area contributed by atoms with Crippen molar-refractivity contribution in [2.45, 2.75) is 18.9 Å². The molecule has 1 unspecified atom stereocenters. The SMILES string of the molecule is OC1CCCN(c2cccc(Cl)c2)C1. The van der Waals surface area contributed by atoms with Crippen LogP contribution in [0.4, 0.5) is 5.69 Å². The Bertz CT molecular complexity index is 316. The van der Waals surface area contributed by atoms with Crippen LogP contribution in [0.25, 0.3) is 0 Å². The smallest absolute Gasteiger partial charge is 0.0715 e. The molecule has 3 heteroatoms. The lowest BCUT2D eigenvalue weighted by molar-refractivity contribution is 0.154. The summed E-state index contributed by atoms with van der Waals surface area (Å²) in [7, 11) is 0. The van der Waals surface area contributed by atoms with E-state index in [1.807, 2.05) is 24.3 Å². The highest BCUT2D eigenvalue weighted by atomic mass is 35.5. The number of anilines is 1. The van der Waals surface area contributed by atoms with Crippen LogP contribution in [0.1, 0.15) is 12.8 Å². The van der Waals surface area contributed by atoms with Crippen molar-refractivity contribution < 1.29 is 5.11 Å². The Morgan fingerprint density at radius 2 is 2.29 bits per heavy atom. The second kappa shape index (κ2) is 4.20. The van der Waals surface area contributed by atoms with Crippen LogP contribution in [0, 0.1) is 0 Å². The van der Waals surface area contributed by atoms with Crippen molar-refractivity contribution in [3.63, 3.8) is 0 Å². The third kappa shape index (κ3) is 2.20. The number of piperidine rings is 1. The maximum atomic E-state index is 9.54. The molecule has 0 amide bonds. The van der Waals surface area contributed by atoms with Crippen molar-refractivity contribution in [2.24, 2.45) is 0 Å². The highest BCUT2D eigenvalue weighted by molar-refractivity contribution is 6.30. The van der Waals surface area contributed by atoms with E-state index in [9.17, 15) is 5.11 Å². The largest absolute Gasteiger partial charge is 0.391 e. The van der Waals surface area contributed by atoms with Crippen LogP contribution in [-0.2, 0) is 0 Å². The molecule has 0 radical (unpaired) electrons. The number of benzene rings is 1. The van der Waals surface area contributed by atoms with Crippen LogP contribution in [0.5, 0.6) is 0 Å². The van der Waals surface area contributed by atoms with Crippen molar-refractivity contribution in [3.05, 3.63) is 29.3 Å². The summed E-state index contributed by atoms with van der Waals surface area (Å²) in [5.41, 5.74) is 1.11. The molecule has 1 saturated heterocycles. The van der Waals surface area contributed by atoms with Crippen molar-refractivity contribution in [2.75, 3.05) is 18.0 Å². The third-order valence-electron chi connectivity index (χ3n) is 2.57. The summed E-state index contributed by atoms with van der Waals surface area (Å²) in [5, 5.41) is 10.3. The molecule has 1 atom stereocenters. The van der Waals surface area contributed by atoms with Gasteiger partial charge in [-0.15, -0.1) is 0 Å². The average molecular weight is 212 g/mol. The molecule has 1 aliphatic rings. The Morgan fingerprint density at radius 1 is 1.43 bits per heavy atom. The van der Waals surface area contributed by atoms with Gasteiger partial charge in [-0.2, -0.15) is 0 Å². The molecule has 76 valence electrons. The van der Waals surface area contributed by atoms with E-state index in [4.69, 9.17) is 11.6 Å². The monoisotopic (exact) mass is 211 g/mol. The van der Waals surface area contributed by atoms with Crippen LogP contribution < -0.4 is 4.90 Å². The first-order valence-corrected chi connectivity index (χ1v) is 5.32. The second-order valence-electron chi connectivity index (χ2n) is 3.72. The van der Waals surface area contributed by atoms with E-state index in [1.165, 1.54) is 0 Å². The van der Waals surface area contributed by atoms with Gasteiger partial charge >= 0.3 is 0 Å². The van der Waals surface area contributed by atoms with Crippen LogP contribution in [0.15, 0.2) is 24.3 Å². The molecule has 0 saturated carbocycles. The highest BCUT2D eigenvalue weighted by Crippen LogP contribution is 2.22. The second-order valence-corrected chi connectivity index (χ2v) is 4.16. The number of nitrogens with zero attached hydrogens (tertiary/aromatic N) is 1. The fraction of sp³-hybridized carbons (Fsp3) is 0.455. The van der Waals surface area contributed by atoms with Gasteiger partial charge in [0.15, 0.2) is 0 Å². The summed E-state index contributed by atoms with van der Waals surface area (Å²) in [6.07, 6.45) is 1.77. The molecule has 0 bridgehead atoms. The van der Waals surface area contributed by atoms with E-state index in [0.717, 1.165) is 36.6 Å². The molecular weight excluding hydrogens is 198 g/mol. The van der Waals surface area contributed by atoms with Crippen LogP contribution in [0.3, 0.4) is 0 Å². The van der Waals surface area contributed by atoms with Crippen LogP contribution >= 0.6 is 11.6 Å². The fourth-order valence-electron chi connectivity index (χ4n) is 1.86. The zero-order valence-electron chi connectivity index (χ0n) is 7.99. The number of rotatable bonds is 1. The molecule has 1 aromatic rings. The van der Waals surface area contributed by atoms with Gasteiger partial charge in [0.1, 0.15) is 0 Å². The van der Waals surface area contributed by atoms with Gasteiger partial charge in [-0.3, -0.25) is 0 Å². The maximum absolute atomic E-state index is 9.54. The molecule has 2 nitrogen and oxygen atoms in total. The molecule has 1 fully saturated rings. The molecular formula is C11H14ClNO. The van der Waals surface area contributed by atoms with Gasteiger partial charge in [0.05, 0.1) is 6.10 Å². The van der Waals surface area contributed by atoms with E-state index in [0.29, 0.717) is 0 Å². The first-order valence-electron chi connectivity index (χ1n) is 4.94. The van der Waals surface area contributed by atoms with Gasteiger partial charge in [0.2, 0.25) is 0 Å². The van der Waals surface area contributed by atoms with Crippen LogP contribution in [0.2, 0.25) is 5.02 Å². The summed E-state index contributed by atoms with van der Waals surface area (Å²) in [5.74, 6) is 0. The highest BCUT2D eigenvalue weighted by Gasteiger charge is 2.17. The fourth-order valence-corrected chi connectivity index (χ4v) is 2.05.